The summed E-state index contributed by atoms with van der Waals surface area (Å²) in [6.07, 6.45) is 0. The summed E-state index contributed by atoms with van der Waals surface area (Å²) in [6, 6.07) is 16.2. The molecule has 0 radical (unpaired) electrons. The smallest absolute Gasteiger partial charge is 0.124 e. The minimum Gasteiger partial charge on any atom is -0.361 e. The third kappa shape index (κ3) is 3.21. The Bertz CT molecular complexity index is 617. The van der Waals surface area contributed by atoms with Crippen LogP contribution in [0.4, 0.5) is 10.1 Å². The Morgan fingerprint density at radius 2 is 1.95 bits per heavy atom. The first kappa shape index (κ1) is 14.8. The zero-order valence-electron chi connectivity index (χ0n) is 11.9. The quantitative estimate of drug-likeness (QED) is 0.773. The molecule has 110 valence electrons. The van der Waals surface area contributed by atoms with Gasteiger partial charge in [0.1, 0.15) is 5.82 Å². The molecule has 1 aliphatic rings. The van der Waals surface area contributed by atoms with Crippen LogP contribution in [0.1, 0.15) is 18.5 Å². The molecule has 2 aromatic rings. The molecule has 2 nitrogen and oxygen atoms in total. The minimum atomic E-state index is -0.178. The van der Waals surface area contributed by atoms with E-state index in [1.54, 1.807) is 12.1 Å². The highest BCUT2D eigenvalue weighted by Gasteiger charge is 2.28. The minimum absolute atomic E-state index is 0.178. The molecule has 0 saturated carbocycles. The van der Waals surface area contributed by atoms with Crippen LogP contribution in [-0.4, -0.2) is 19.1 Å². The van der Waals surface area contributed by atoms with Crippen molar-refractivity contribution in [2.45, 2.75) is 19.0 Å². The van der Waals surface area contributed by atoms with Crippen LogP contribution in [0.3, 0.4) is 0 Å². The predicted molar refractivity (Wildman–Crippen MR) is 93.1 cm³/mol. The number of halogens is 2. The second-order valence-corrected chi connectivity index (χ2v) is 6.65. The number of hydrogen-bond acceptors (Lipinski definition) is 2. The van der Waals surface area contributed by atoms with Crippen LogP contribution >= 0.6 is 22.6 Å². The highest BCUT2D eigenvalue weighted by atomic mass is 127. The van der Waals surface area contributed by atoms with E-state index in [0.29, 0.717) is 6.04 Å². The van der Waals surface area contributed by atoms with Gasteiger partial charge in [-0.1, -0.05) is 30.3 Å². The van der Waals surface area contributed by atoms with E-state index in [1.165, 1.54) is 5.56 Å². The summed E-state index contributed by atoms with van der Waals surface area (Å²) in [5, 5.41) is 3.54. The molecule has 0 spiro atoms. The number of nitrogens with one attached hydrogen (secondary N) is 1. The molecular weight excluding hydrogens is 378 g/mol. The van der Waals surface area contributed by atoms with E-state index in [-0.39, 0.29) is 11.9 Å². The summed E-state index contributed by atoms with van der Waals surface area (Å²) in [5.74, 6) is -0.178. The Balaban J connectivity index is 1.98. The summed E-state index contributed by atoms with van der Waals surface area (Å²) >= 11 is 2.22. The molecule has 2 unspecified atom stereocenters. The zero-order valence-corrected chi connectivity index (χ0v) is 14.0. The molecule has 1 saturated heterocycles. The van der Waals surface area contributed by atoms with E-state index in [2.05, 4.69) is 64.0 Å². The van der Waals surface area contributed by atoms with Crippen LogP contribution in [0.5, 0.6) is 0 Å². The van der Waals surface area contributed by atoms with Gasteiger partial charge in [-0.05, 0) is 53.3 Å². The van der Waals surface area contributed by atoms with Crippen molar-refractivity contribution in [2.75, 3.05) is 18.0 Å². The highest BCUT2D eigenvalue weighted by Crippen LogP contribution is 2.33. The number of anilines is 1. The lowest BCUT2D eigenvalue weighted by atomic mass is 10.0. The molecule has 2 aromatic carbocycles. The SMILES string of the molecule is CC1CN(c2ccc(F)cc2I)C(c2ccccc2)CN1. The lowest BCUT2D eigenvalue weighted by Crippen LogP contribution is -2.51. The molecule has 1 aliphatic heterocycles. The van der Waals surface area contributed by atoms with E-state index < -0.39 is 0 Å². The topological polar surface area (TPSA) is 15.3 Å². The van der Waals surface area contributed by atoms with Gasteiger partial charge in [-0.2, -0.15) is 0 Å². The van der Waals surface area contributed by atoms with Crippen molar-refractivity contribution >= 4 is 28.3 Å². The average Bonchev–Trinajstić information content (AvgIpc) is 2.48. The van der Waals surface area contributed by atoms with Crippen molar-refractivity contribution in [3.8, 4) is 0 Å². The molecule has 1 fully saturated rings. The monoisotopic (exact) mass is 396 g/mol. The molecule has 2 atom stereocenters. The van der Waals surface area contributed by atoms with Crippen LogP contribution in [-0.2, 0) is 0 Å². The second kappa shape index (κ2) is 6.32. The van der Waals surface area contributed by atoms with Gasteiger partial charge in [-0.3, -0.25) is 0 Å². The Morgan fingerprint density at radius 3 is 2.67 bits per heavy atom. The second-order valence-electron chi connectivity index (χ2n) is 5.48. The van der Waals surface area contributed by atoms with Gasteiger partial charge in [0, 0.05) is 22.7 Å². The zero-order chi connectivity index (χ0) is 14.8. The summed E-state index contributed by atoms with van der Waals surface area (Å²) in [5.41, 5.74) is 2.40. The average molecular weight is 396 g/mol. The molecule has 0 amide bonds. The van der Waals surface area contributed by atoms with E-state index in [9.17, 15) is 4.39 Å². The number of hydrogen-bond donors (Lipinski definition) is 1. The Labute approximate surface area is 138 Å². The van der Waals surface area contributed by atoms with Crippen molar-refractivity contribution in [3.05, 3.63) is 63.5 Å². The summed E-state index contributed by atoms with van der Waals surface area (Å²) in [6.45, 7) is 4.00. The molecule has 4 heteroatoms. The summed E-state index contributed by atoms with van der Waals surface area (Å²) < 4.78 is 14.3. The standard InChI is InChI=1S/C17H18FIN2/c1-12-11-21(16-8-7-14(18)9-15(16)19)17(10-20-12)13-5-3-2-4-6-13/h2-9,12,17,20H,10-11H2,1H3. The Kier molecular flexibility index (Phi) is 4.45. The molecule has 0 aromatic heterocycles. The summed E-state index contributed by atoms with van der Waals surface area (Å²) in [7, 11) is 0. The van der Waals surface area contributed by atoms with Crippen molar-refractivity contribution in [3.63, 3.8) is 0 Å². The largest absolute Gasteiger partial charge is 0.361 e. The van der Waals surface area contributed by atoms with Gasteiger partial charge >= 0.3 is 0 Å². The van der Waals surface area contributed by atoms with Gasteiger partial charge < -0.3 is 10.2 Å². The number of benzene rings is 2. The van der Waals surface area contributed by atoms with E-state index in [0.717, 1.165) is 22.3 Å². The maximum Gasteiger partial charge on any atom is 0.124 e. The highest BCUT2D eigenvalue weighted by molar-refractivity contribution is 14.1. The Hall–Kier alpha value is -1.14. The van der Waals surface area contributed by atoms with Gasteiger partial charge in [-0.15, -0.1) is 0 Å². The fourth-order valence-corrected chi connectivity index (χ4v) is 3.65. The molecule has 3 rings (SSSR count). The maximum atomic E-state index is 13.4. The van der Waals surface area contributed by atoms with Gasteiger partial charge in [0.25, 0.3) is 0 Å². The van der Waals surface area contributed by atoms with Gasteiger partial charge in [0.05, 0.1) is 11.7 Å². The third-order valence-electron chi connectivity index (χ3n) is 3.91. The molecule has 1 N–H and O–H groups in total. The molecular formula is C17H18FIN2. The molecule has 21 heavy (non-hydrogen) atoms. The van der Waals surface area contributed by atoms with Crippen molar-refractivity contribution in [2.24, 2.45) is 0 Å². The predicted octanol–water partition coefficient (Wildman–Crippen LogP) is 3.97. The van der Waals surface area contributed by atoms with Crippen LogP contribution in [0.2, 0.25) is 0 Å². The van der Waals surface area contributed by atoms with Crippen molar-refractivity contribution in [1.82, 2.24) is 5.32 Å². The lowest BCUT2D eigenvalue weighted by Gasteiger charge is -2.41. The van der Waals surface area contributed by atoms with E-state index in [4.69, 9.17) is 0 Å². The molecule has 0 bridgehead atoms. The van der Waals surface area contributed by atoms with Crippen LogP contribution in [0.25, 0.3) is 0 Å². The van der Waals surface area contributed by atoms with Gasteiger partial charge in [0.2, 0.25) is 0 Å². The van der Waals surface area contributed by atoms with Gasteiger partial charge in [-0.25, -0.2) is 4.39 Å². The molecule has 1 heterocycles. The van der Waals surface area contributed by atoms with Crippen LogP contribution in [0, 0.1) is 9.39 Å². The first-order valence-electron chi connectivity index (χ1n) is 7.15. The van der Waals surface area contributed by atoms with E-state index in [1.807, 2.05) is 12.1 Å². The number of nitrogens with zero attached hydrogens (tertiary/aromatic N) is 1. The first-order valence-corrected chi connectivity index (χ1v) is 8.23. The van der Waals surface area contributed by atoms with E-state index >= 15 is 0 Å². The normalized spacial score (nSPS) is 22.3. The maximum absolute atomic E-state index is 13.4. The fourth-order valence-electron chi connectivity index (χ4n) is 2.86. The number of rotatable bonds is 2. The molecule has 0 aliphatic carbocycles. The van der Waals surface area contributed by atoms with Gasteiger partial charge in [0.15, 0.2) is 0 Å². The Morgan fingerprint density at radius 1 is 1.19 bits per heavy atom. The van der Waals surface area contributed by atoms with Crippen molar-refractivity contribution < 1.29 is 4.39 Å². The van der Waals surface area contributed by atoms with Crippen LogP contribution < -0.4 is 10.2 Å². The first-order chi connectivity index (χ1) is 10.1. The van der Waals surface area contributed by atoms with Crippen molar-refractivity contribution in [1.29, 1.82) is 0 Å². The fraction of sp³-hybridized carbons (Fsp3) is 0.294. The van der Waals surface area contributed by atoms with Crippen LogP contribution in [0.15, 0.2) is 48.5 Å². The summed E-state index contributed by atoms with van der Waals surface area (Å²) in [4.78, 5) is 2.39. The number of piperazine rings is 1. The third-order valence-corrected chi connectivity index (χ3v) is 4.77. The lowest BCUT2D eigenvalue weighted by molar-refractivity contribution is 0.416.